The van der Waals surface area contributed by atoms with Crippen LogP contribution in [0.5, 0.6) is 0 Å². The summed E-state index contributed by atoms with van der Waals surface area (Å²) in [5.74, 6) is -0.196. The zero-order valence-corrected chi connectivity index (χ0v) is 8.03. The molecule has 1 heterocycles. The maximum atomic E-state index is 10.3. The highest BCUT2D eigenvalue weighted by Gasteiger charge is 2.13. The van der Waals surface area contributed by atoms with Gasteiger partial charge >= 0.3 is 5.82 Å². The Bertz CT molecular complexity index is 305. The van der Waals surface area contributed by atoms with Crippen LogP contribution >= 0.6 is 34.2 Å². The molecule has 0 spiro atoms. The second-order valence-corrected chi connectivity index (χ2v) is 3.25. The Morgan fingerprint density at radius 1 is 1.64 bits per heavy atom. The van der Waals surface area contributed by atoms with Gasteiger partial charge < -0.3 is 10.1 Å². The largest absolute Gasteiger partial charge is 0.378 e. The molecule has 4 nitrogen and oxygen atoms in total. The fraction of sp³-hybridized carbons (Fsp3) is 0. The van der Waals surface area contributed by atoms with Gasteiger partial charge in [0.2, 0.25) is 5.15 Å². The number of hydrogen-bond donors (Lipinski definition) is 0. The van der Waals surface area contributed by atoms with Crippen LogP contribution in [0.1, 0.15) is 0 Å². The Morgan fingerprint density at radius 3 is 2.73 bits per heavy atom. The van der Waals surface area contributed by atoms with Crippen LogP contribution in [0.4, 0.5) is 5.82 Å². The van der Waals surface area contributed by atoms with Gasteiger partial charge in [-0.05, 0) is 50.2 Å². The second-order valence-electron chi connectivity index (χ2n) is 1.70. The van der Waals surface area contributed by atoms with Gasteiger partial charge in [0.25, 0.3) is 0 Å². The number of nitrogens with zero attached hydrogens (tertiary/aromatic N) is 2. The van der Waals surface area contributed by atoms with Crippen molar-refractivity contribution in [3.63, 3.8) is 0 Å². The van der Waals surface area contributed by atoms with Crippen LogP contribution in [0.25, 0.3) is 0 Å². The van der Waals surface area contributed by atoms with E-state index in [0.29, 0.717) is 3.57 Å². The maximum absolute atomic E-state index is 10.3. The molecule has 0 N–H and O–H groups in total. The molecule has 1 aromatic heterocycles. The zero-order chi connectivity index (χ0) is 8.43. The lowest BCUT2D eigenvalue weighted by Crippen LogP contribution is -1.94. The number of hydrogen-bond acceptors (Lipinski definition) is 3. The Balaban J connectivity index is 3.23. The first-order valence-electron chi connectivity index (χ1n) is 2.57. The van der Waals surface area contributed by atoms with Crippen molar-refractivity contribution in [2.24, 2.45) is 0 Å². The van der Waals surface area contributed by atoms with Crippen molar-refractivity contribution in [1.29, 1.82) is 0 Å². The number of aromatic nitrogens is 1. The number of halogens is 2. The maximum Gasteiger partial charge on any atom is 0.378 e. The molecule has 0 saturated heterocycles. The minimum Gasteiger partial charge on any atom is -0.358 e. The van der Waals surface area contributed by atoms with E-state index < -0.39 is 4.92 Å². The van der Waals surface area contributed by atoms with Gasteiger partial charge in [0.05, 0.1) is 0 Å². The van der Waals surface area contributed by atoms with E-state index in [0.717, 1.165) is 0 Å². The van der Waals surface area contributed by atoms with E-state index >= 15 is 0 Å². The van der Waals surface area contributed by atoms with Crippen LogP contribution < -0.4 is 0 Å². The Labute approximate surface area is 80.9 Å². The topological polar surface area (TPSA) is 56.0 Å². The summed E-state index contributed by atoms with van der Waals surface area (Å²) in [5, 5.41) is 10.4. The summed E-state index contributed by atoms with van der Waals surface area (Å²) in [7, 11) is 0. The van der Waals surface area contributed by atoms with E-state index in [9.17, 15) is 10.1 Å². The molecule has 11 heavy (non-hydrogen) atoms. The SMILES string of the molecule is O=[N+]([O-])c1nc(Cl)ccc1I. The molecular weight excluding hydrogens is 282 g/mol. The van der Waals surface area contributed by atoms with E-state index in [1.54, 1.807) is 6.07 Å². The lowest BCUT2D eigenvalue weighted by molar-refractivity contribution is -0.390. The highest BCUT2D eigenvalue weighted by molar-refractivity contribution is 14.1. The van der Waals surface area contributed by atoms with Gasteiger partial charge in [-0.2, -0.15) is 0 Å². The minimum atomic E-state index is -0.562. The predicted octanol–water partition coefficient (Wildman–Crippen LogP) is 2.25. The molecule has 1 rings (SSSR count). The van der Waals surface area contributed by atoms with Gasteiger partial charge in [0.1, 0.15) is 3.57 Å². The first kappa shape index (κ1) is 8.66. The smallest absolute Gasteiger partial charge is 0.358 e. The molecule has 0 aromatic carbocycles. The van der Waals surface area contributed by atoms with E-state index in [2.05, 4.69) is 4.98 Å². The van der Waals surface area contributed by atoms with Crippen LogP contribution in [-0.4, -0.2) is 9.91 Å². The Hall–Kier alpha value is -0.430. The average Bonchev–Trinajstić information content (AvgIpc) is 1.94. The summed E-state index contributed by atoms with van der Waals surface area (Å²) in [6.45, 7) is 0. The van der Waals surface area contributed by atoms with Gasteiger partial charge in [-0.25, -0.2) is 0 Å². The Kier molecular flexibility index (Phi) is 2.61. The first-order chi connectivity index (χ1) is 5.11. The van der Waals surface area contributed by atoms with Gasteiger partial charge in [0, 0.05) is 6.07 Å². The second kappa shape index (κ2) is 3.31. The summed E-state index contributed by atoms with van der Waals surface area (Å²) in [6, 6.07) is 3.06. The molecule has 0 aliphatic rings. The lowest BCUT2D eigenvalue weighted by atomic mass is 10.5. The fourth-order valence-electron chi connectivity index (χ4n) is 0.536. The zero-order valence-electron chi connectivity index (χ0n) is 5.12. The highest BCUT2D eigenvalue weighted by Crippen LogP contribution is 2.19. The molecular formula is C5H2ClIN2O2. The average molecular weight is 284 g/mol. The van der Waals surface area contributed by atoms with Crippen molar-refractivity contribution in [1.82, 2.24) is 4.98 Å². The molecule has 0 amide bonds. The standard InChI is InChI=1S/C5H2ClIN2O2/c6-4-2-1-3(7)5(8-4)9(10)11/h1-2H. The molecule has 0 atom stereocenters. The van der Waals surface area contributed by atoms with Crippen molar-refractivity contribution < 1.29 is 4.92 Å². The van der Waals surface area contributed by atoms with Crippen molar-refractivity contribution >= 4 is 40.0 Å². The molecule has 0 unspecified atom stereocenters. The Morgan fingerprint density at radius 2 is 2.27 bits per heavy atom. The molecule has 0 bridgehead atoms. The van der Waals surface area contributed by atoms with Crippen molar-refractivity contribution in [2.75, 3.05) is 0 Å². The molecule has 0 aliphatic heterocycles. The number of pyridine rings is 1. The van der Waals surface area contributed by atoms with Crippen LogP contribution in [0.15, 0.2) is 12.1 Å². The van der Waals surface area contributed by atoms with E-state index in [4.69, 9.17) is 11.6 Å². The van der Waals surface area contributed by atoms with E-state index in [1.807, 2.05) is 22.6 Å². The molecule has 1 aromatic rings. The monoisotopic (exact) mass is 284 g/mol. The van der Waals surface area contributed by atoms with Crippen LogP contribution in [0, 0.1) is 13.7 Å². The molecule has 6 heteroatoms. The summed E-state index contributed by atoms with van der Waals surface area (Å²) in [4.78, 5) is 13.2. The quantitative estimate of drug-likeness (QED) is 0.344. The third-order valence-corrected chi connectivity index (χ3v) is 2.02. The van der Waals surface area contributed by atoms with E-state index in [-0.39, 0.29) is 11.0 Å². The van der Waals surface area contributed by atoms with Gasteiger partial charge in [-0.3, -0.25) is 0 Å². The lowest BCUT2D eigenvalue weighted by Gasteiger charge is -1.93. The first-order valence-corrected chi connectivity index (χ1v) is 4.03. The summed E-state index contributed by atoms with van der Waals surface area (Å²) in [5.41, 5.74) is 0. The normalized spacial score (nSPS) is 9.64. The van der Waals surface area contributed by atoms with Crippen LogP contribution in [0.2, 0.25) is 5.15 Å². The summed E-state index contributed by atoms with van der Waals surface area (Å²) < 4.78 is 0.483. The number of nitro groups is 1. The third kappa shape index (κ3) is 2.00. The summed E-state index contributed by atoms with van der Waals surface area (Å²) >= 11 is 7.27. The van der Waals surface area contributed by atoms with E-state index in [1.165, 1.54) is 6.07 Å². The van der Waals surface area contributed by atoms with Gasteiger partial charge in [-0.15, -0.1) is 0 Å². The highest BCUT2D eigenvalue weighted by atomic mass is 127. The third-order valence-electron chi connectivity index (χ3n) is 0.966. The molecule has 0 fully saturated rings. The minimum absolute atomic E-state index is 0.136. The van der Waals surface area contributed by atoms with Crippen molar-refractivity contribution in [3.05, 3.63) is 31.0 Å². The van der Waals surface area contributed by atoms with Gasteiger partial charge in [0.15, 0.2) is 0 Å². The van der Waals surface area contributed by atoms with Gasteiger partial charge in [-0.1, -0.05) is 0 Å². The molecule has 0 saturated carbocycles. The van der Waals surface area contributed by atoms with Crippen molar-refractivity contribution in [3.8, 4) is 0 Å². The molecule has 0 aliphatic carbocycles. The summed E-state index contributed by atoms with van der Waals surface area (Å²) in [6.07, 6.45) is 0. The number of rotatable bonds is 1. The molecule has 0 radical (unpaired) electrons. The van der Waals surface area contributed by atoms with Crippen LogP contribution in [-0.2, 0) is 0 Å². The van der Waals surface area contributed by atoms with Crippen molar-refractivity contribution in [2.45, 2.75) is 0 Å². The molecule has 58 valence electrons. The van der Waals surface area contributed by atoms with Crippen LogP contribution in [0.3, 0.4) is 0 Å². The predicted molar refractivity (Wildman–Crippen MR) is 48.6 cm³/mol. The fourth-order valence-corrected chi connectivity index (χ4v) is 1.18.